The number of benzene rings is 2. The first kappa shape index (κ1) is 18.3. The highest BCUT2D eigenvalue weighted by molar-refractivity contribution is 5.88. The molecule has 25 heavy (non-hydrogen) atoms. The SMILES string of the molecule is CC(C)(C)N(C(=O)O)c1cccc(NCc2cccc([N+](=O)[O-])c2)c1. The van der Waals surface area contributed by atoms with Crippen molar-refractivity contribution in [3.05, 3.63) is 64.2 Å². The molecule has 2 aromatic rings. The van der Waals surface area contributed by atoms with Crippen LogP contribution in [0, 0.1) is 10.1 Å². The van der Waals surface area contributed by atoms with Crippen LogP contribution in [-0.2, 0) is 6.54 Å². The third-order valence-corrected chi connectivity index (χ3v) is 3.58. The fraction of sp³-hybridized carbons (Fsp3) is 0.278. The zero-order chi connectivity index (χ0) is 18.6. The van der Waals surface area contributed by atoms with E-state index < -0.39 is 16.6 Å². The van der Waals surface area contributed by atoms with Gasteiger partial charge in [0.05, 0.1) is 4.92 Å². The molecular weight excluding hydrogens is 322 g/mol. The van der Waals surface area contributed by atoms with Crippen molar-refractivity contribution in [3.8, 4) is 0 Å². The predicted molar refractivity (Wildman–Crippen MR) is 97.1 cm³/mol. The van der Waals surface area contributed by atoms with Gasteiger partial charge in [0.25, 0.3) is 5.69 Å². The highest BCUT2D eigenvalue weighted by Gasteiger charge is 2.27. The minimum atomic E-state index is -1.02. The van der Waals surface area contributed by atoms with Gasteiger partial charge in [0.2, 0.25) is 0 Å². The van der Waals surface area contributed by atoms with Crippen molar-refractivity contribution in [3.63, 3.8) is 0 Å². The summed E-state index contributed by atoms with van der Waals surface area (Å²) in [6, 6.07) is 13.5. The van der Waals surface area contributed by atoms with E-state index in [9.17, 15) is 20.0 Å². The van der Waals surface area contributed by atoms with E-state index in [1.807, 2.05) is 26.8 Å². The minimum absolute atomic E-state index is 0.0397. The molecule has 0 aromatic heterocycles. The van der Waals surface area contributed by atoms with Crippen molar-refractivity contribution < 1.29 is 14.8 Å². The van der Waals surface area contributed by atoms with E-state index in [4.69, 9.17) is 0 Å². The Labute approximate surface area is 146 Å². The summed E-state index contributed by atoms with van der Waals surface area (Å²) in [6.07, 6.45) is -1.02. The molecule has 0 unspecified atom stereocenters. The van der Waals surface area contributed by atoms with Gasteiger partial charge in [0.1, 0.15) is 0 Å². The molecule has 0 saturated heterocycles. The maximum Gasteiger partial charge on any atom is 0.412 e. The van der Waals surface area contributed by atoms with Crippen molar-refractivity contribution in [1.29, 1.82) is 0 Å². The van der Waals surface area contributed by atoms with Gasteiger partial charge in [-0.2, -0.15) is 0 Å². The second-order valence-electron chi connectivity index (χ2n) is 6.62. The lowest BCUT2D eigenvalue weighted by Gasteiger charge is -2.33. The van der Waals surface area contributed by atoms with E-state index in [-0.39, 0.29) is 5.69 Å². The van der Waals surface area contributed by atoms with Crippen LogP contribution in [-0.4, -0.2) is 21.7 Å². The first-order valence-electron chi connectivity index (χ1n) is 7.79. The molecule has 7 nitrogen and oxygen atoms in total. The number of non-ortho nitro benzene ring substituents is 1. The van der Waals surface area contributed by atoms with Gasteiger partial charge in [-0.25, -0.2) is 4.79 Å². The molecule has 2 rings (SSSR count). The largest absolute Gasteiger partial charge is 0.465 e. The zero-order valence-corrected chi connectivity index (χ0v) is 14.4. The predicted octanol–water partition coefficient (Wildman–Crippen LogP) is 4.49. The monoisotopic (exact) mass is 343 g/mol. The first-order valence-corrected chi connectivity index (χ1v) is 7.79. The molecule has 0 heterocycles. The molecule has 2 N–H and O–H groups in total. The third-order valence-electron chi connectivity index (χ3n) is 3.58. The van der Waals surface area contributed by atoms with Crippen LogP contribution in [0.25, 0.3) is 0 Å². The molecule has 0 aliphatic heterocycles. The molecule has 0 aliphatic rings. The van der Waals surface area contributed by atoms with Gasteiger partial charge in [0, 0.05) is 35.6 Å². The van der Waals surface area contributed by atoms with Crippen molar-refractivity contribution in [2.75, 3.05) is 10.2 Å². The number of nitrogens with one attached hydrogen (secondary N) is 1. The number of anilines is 2. The lowest BCUT2D eigenvalue weighted by molar-refractivity contribution is -0.384. The van der Waals surface area contributed by atoms with Crippen molar-refractivity contribution in [2.45, 2.75) is 32.9 Å². The molecule has 1 amide bonds. The fourth-order valence-electron chi connectivity index (χ4n) is 2.52. The van der Waals surface area contributed by atoms with Crippen molar-refractivity contribution in [2.24, 2.45) is 0 Å². The summed E-state index contributed by atoms with van der Waals surface area (Å²) in [6.45, 7) is 5.87. The Kier molecular flexibility index (Phi) is 5.26. The fourth-order valence-corrected chi connectivity index (χ4v) is 2.52. The zero-order valence-electron chi connectivity index (χ0n) is 14.4. The molecule has 0 aliphatic carbocycles. The summed E-state index contributed by atoms with van der Waals surface area (Å²) in [7, 11) is 0. The summed E-state index contributed by atoms with van der Waals surface area (Å²) >= 11 is 0. The molecule has 0 atom stereocenters. The van der Waals surface area contributed by atoms with E-state index in [1.165, 1.54) is 17.0 Å². The van der Waals surface area contributed by atoms with E-state index in [1.54, 1.807) is 30.3 Å². The molecule has 0 spiro atoms. The van der Waals surface area contributed by atoms with E-state index >= 15 is 0 Å². The van der Waals surface area contributed by atoms with Gasteiger partial charge in [-0.3, -0.25) is 15.0 Å². The lowest BCUT2D eigenvalue weighted by Crippen LogP contribution is -2.45. The van der Waals surface area contributed by atoms with Gasteiger partial charge in [-0.15, -0.1) is 0 Å². The summed E-state index contributed by atoms with van der Waals surface area (Å²) < 4.78 is 0. The van der Waals surface area contributed by atoms with Gasteiger partial charge in [0.15, 0.2) is 0 Å². The Morgan fingerprint density at radius 2 is 1.88 bits per heavy atom. The Bertz CT molecular complexity index is 784. The van der Waals surface area contributed by atoms with Gasteiger partial charge in [-0.05, 0) is 44.5 Å². The molecule has 0 radical (unpaired) electrons. The third kappa shape index (κ3) is 4.69. The smallest absolute Gasteiger partial charge is 0.412 e. The number of carbonyl (C=O) groups is 1. The normalized spacial score (nSPS) is 11.0. The Balaban J connectivity index is 2.18. The van der Waals surface area contributed by atoms with Crippen LogP contribution in [0.5, 0.6) is 0 Å². The number of amides is 1. The minimum Gasteiger partial charge on any atom is -0.465 e. The van der Waals surface area contributed by atoms with Crippen LogP contribution in [0.1, 0.15) is 26.3 Å². The van der Waals surface area contributed by atoms with Crippen LogP contribution in [0.3, 0.4) is 0 Å². The van der Waals surface area contributed by atoms with Crippen LogP contribution >= 0.6 is 0 Å². The van der Waals surface area contributed by atoms with E-state index in [0.29, 0.717) is 12.2 Å². The number of nitrogens with zero attached hydrogens (tertiary/aromatic N) is 2. The number of rotatable bonds is 5. The summed E-state index contributed by atoms with van der Waals surface area (Å²) in [5.74, 6) is 0. The number of carboxylic acid groups (broad SMARTS) is 1. The molecule has 7 heteroatoms. The molecule has 2 aromatic carbocycles. The topological polar surface area (TPSA) is 95.7 Å². The molecule has 132 valence electrons. The first-order chi connectivity index (χ1) is 11.7. The summed E-state index contributed by atoms with van der Waals surface area (Å²) in [5.41, 5.74) is 1.52. The molecule has 0 fully saturated rings. The number of nitro groups is 1. The highest BCUT2D eigenvalue weighted by atomic mass is 16.6. The quantitative estimate of drug-likeness (QED) is 0.616. The second kappa shape index (κ2) is 7.21. The summed E-state index contributed by atoms with van der Waals surface area (Å²) in [4.78, 5) is 23.3. The van der Waals surface area contributed by atoms with Gasteiger partial charge < -0.3 is 10.4 Å². The number of nitro benzene ring substituents is 1. The Morgan fingerprint density at radius 3 is 2.48 bits per heavy atom. The molecular formula is C18H21N3O4. The number of hydrogen-bond acceptors (Lipinski definition) is 4. The second-order valence-corrected chi connectivity index (χ2v) is 6.62. The highest BCUT2D eigenvalue weighted by Crippen LogP contribution is 2.27. The Hall–Kier alpha value is -3.09. The number of hydrogen-bond donors (Lipinski definition) is 2. The molecule has 0 saturated carbocycles. The Morgan fingerprint density at radius 1 is 1.20 bits per heavy atom. The lowest BCUT2D eigenvalue weighted by atomic mass is 10.1. The van der Waals surface area contributed by atoms with Gasteiger partial charge in [-0.1, -0.05) is 18.2 Å². The maximum absolute atomic E-state index is 11.6. The maximum atomic E-state index is 11.6. The van der Waals surface area contributed by atoms with Crippen molar-refractivity contribution >= 4 is 23.2 Å². The van der Waals surface area contributed by atoms with Crippen LogP contribution < -0.4 is 10.2 Å². The van der Waals surface area contributed by atoms with E-state index in [2.05, 4.69) is 5.32 Å². The van der Waals surface area contributed by atoms with Crippen LogP contribution in [0.4, 0.5) is 21.9 Å². The van der Waals surface area contributed by atoms with Crippen LogP contribution in [0.15, 0.2) is 48.5 Å². The summed E-state index contributed by atoms with van der Waals surface area (Å²) in [5, 5.41) is 23.5. The van der Waals surface area contributed by atoms with Gasteiger partial charge >= 0.3 is 6.09 Å². The van der Waals surface area contributed by atoms with Crippen molar-refractivity contribution in [1.82, 2.24) is 0 Å². The average Bonchev–Trinajstić information content (AvgIpc) is 2.52. The average molecular weight is 343 g/mol. The van der Waals surface area contributed by atoms with E-state index in [0.717, 1.165) is 11.3 Å². The molecule has 0 bridgehead atoms. The van der Waals surface area contributed by atoms with Crippen LogP contribution in [0.2, 0.25) is 0 Å². The standard InChI is InChI=1S/C18H21N3O4/c1-18(2,3)20(17(22)23)15-8-5-7-14(11-15)19-12-13-6-4-9-16(10-13)21(24)25/h4-11,19H,12H2,1-3H3,(H,22,23).